The minimum atomic E-state index is -4.41. The van der Waals surface area contributed by atoms with Gasteiger partial charge in [0.25, 0.3) is 0 Å². The molecule has 0 aliphatic carbocycles. The molecule has 0 spiro atoms. The lowest BCUT2D eigenvalue weighted by Crippen LogP contribution is -2.40. The van der Waals surface area contributed by atoms with Gasteiger partial charge >= 0.3 is 6.18 Å². The summed E-state index contributed by atoms with van der Waals surface area (Å²) in [5, 5.41) is 8.99. The number of halogens is 3. The minimum Gasteiger partial charge on any atom is -0.484 e. The van der Waals surface area contributed by atoms with E-state index in [1.807, 2.05) is 20.8 Å². The standard InChI is InChI=1S/C20H31F3N4O2/c1-5-15(4)27-18(28)9-10-25-19(24-6-2)26-12-16-8-7-14(3)11-17(16)29-13-20(21,22)23/h7-8,11,15H,5-6,9-10,12-13H2,1-4H3,(H,27,28)(H2,24,25,26). The van der Waals surface area contributed by atoms with Gasteiger partial charge in [-0.25, -0.2) is 4.99 Å². The summed E-state index contributed by atoms with van der Waals surface area (Å²) in [6, 6.07) is 5.19. The van der Waals surface area contributed by atoms with Crippen LogP contribution in [0.3, 0.4) is 0 Å². The van der Waals surface area contributed by atoms with Gasteiger partial charge in [0.2, 0.25) is 5.91 Å². The van der Waals surface area contributed by atoms with Gasteiger partial charge in [-0.3, -0.25) is 4.79 Å². The molecule has 1 atom stereocenters. The van der Waals surface area contributed by atoms with Gasteiger partial charge in [-0.1, -0.05) is 19.1 Å². The first-order valence-corrected chi connectivity index (χ1v) is 9.75. The molecule has 0 bridgehead atoms. The number of ether oxygens (including phenoxy) is 1. The highest BCUT2D eigenvalue weighted by molar-refractivity contribution is 5.81. The Hall–Kier alpha value is -2.45. The van der Waals surface area contributed by atoms with Crippen molar-refractivity contribution in [3.05, 3.63) is 29.3 Å². The number of nitrogens with zero attached hydrogens (tertiary/aromatic N) is 1. The van der Waals surface area contributed by atoms with E-state index in [1.165, 1.54) is 0 Å². The first-order chi connectivity index (χ1) is 13.6. The van der Waals surface area contributed by atoms with E-state index in [0.717, 1.165) is 12.0 Å². The molecule has 0 saturated heterocycles. The third-order valence-corrected chi connectivity index (χ3v) is 4.03. The van der Waals surface area contributed by atoms with E-state index < -0.39 is 12.8 Å². The Morgan fingerprint density at radius 1 is 1.24 bits per heavy atom. The first-order valence-electron chi connectivity index (χ1n) is 9.75. The van der Waals surface area contributed by atoms with Crippen LogP contribution in [0.15, 0.2) is 23.2 Å². The molecule has 1 amide bonds. The molecular weight excluding hydrogens is 385 g/mol. The van der Waals surface area contributed by atoms with E-state index in [2.05, 4.69) is 20.9 Å². The van der Waals surface area contributed by atoms with Gasteiger partial charge in [0.15, 0.2) is 12.6 Å². The lowest BCUT2D eigenvalue weighted by Gasteiger charge is -2.15. The second kappa shape index (κ2) is 12.2. The van der Waals surface area contributed by atoms with E-state index in [4.69, 9.17) is 4.74 Å². The second-order valence-electron chi connectivity index (χ2n) is 6.76. The largest absolute Gasteiger partial charge is 0.484 e. The molecule has 6 nitrogen and oxygen atoms in total. The first kappa shape index (κ1) is 24.6. The van der Waals surface area contributed by atoms with Crippen LogP contribution in [0.1, 0.15) is 44.7 Å². The highest BCUT2D eigenvalue weighted by Gasteiger charge is 2.28. The molecule has 0 aromatic heterocycles. The normalized spacial score (nSPS) is 13.0. The van der Waals surface area contributed by atoms with Gasteiger partial charge in [-0.15, -0.1) is 0 Å². The van der Waals surface area contributed by atoms with Crippen LogP contribution in [-0.2, 0) is 11.3 Å². The number of aliphatic imine (C=N–C) groups is 1. The summed E-state index contributed by atoms with van der Waals surface area (Å²) in [7, 11) is 0. The summed E-state index contributed by atoms with van der Waals surface area (Å²) >= 11 is 0. The Morgan fingerprint density at radius 2 is 1.97 bits per heavy atom. The Labute approximate surface area is 170 Å². The highest BCUT2D eigenvalue weighted by Crippen LogP contribution is 2.24. The molecule has 1 aromatic rings. The Kier molecular flexibility index (Phi) is 10.3. The molecule has 0 aliphatic rings. The zero-order valence-electron chi connectivity index (χ0n) is 17.4. The fourth-order valence-corrected chi connectivity index (χ4v) is 2.34. The van der Waals surface area contributed by atoms with Crippen molar-refractivity contribution >= 4 is 11.9 Å². The van der Waals surface area contributed by atoms with E-state index in [-0.39, 0.29) is 24.2 Å². The number of carbonyl (C=O) groups excluding carboxylic acids is 1. The number of rotatable bonds is 10. The van der Waals surface area contributed by atoms with Crippen LogP contribution in [0, 0.1) is 6.92 Å². The van der Waals surface area contributed by atoms with Gasteiger partial charge in [-0.2, -0.15) is 13.2 Å². The quantitative estimate of drug-likeness (QED) is 0.404. The van der Waals surface area contributed by atoms with Crippen LogP contribution in [0.2, 0.25) is 0 Å². The van der Waals surface area contributed by atoms with Gasteiger partial charge in [-0.05, 0) is 38.8 Å². The number of amides is 1. The topological polar surface area (TPSA) is 74.8 Å². The molecule has 0 fully saturated rings. The number of alkyl halides is 3. The Balaban J connectivity index is 2.71. The van der Waals surface area contributed by atoms with Crippen LogP contribution >= 0.6 is 0 Å². The number of benzene rings is 1. The lowest BCUT2D eigenvalue weighted by atomic mass is 10.1. The molecule has 3 N–H and O–H groups in total. The van der Waals surface area contributed by atoms with E-state index in [1.54, 1.807) is 25.1 Å². The van der Waals surface area contributed by atoms with Gasteiger partial charge in [0.1, 0.15) is 5.75 Å². The molecule has 164 valence electrons. The monoisotopic (exact) mass is 416 g/mol. The average molecular weight is 416 g/mol. The molecule has 0 aliphatic heterocycles. The Morgan fingerprint density at radius 3 is 2.59 bits per heavy atom. The maximum absolute atomic E-state index is 12.5. The molecule has 0 heterocycles. The van der Waals surface area contributed by atoms with Crippen molar-refractivity contribution in [1.82, 2.24) is 16.0 Å². The molecule has 1 unspecified atom stereocenters. The summed E-state index contributed by atoms with van der Waals surface area (Å²) in [5.41, 5.74) is 1.35. The minimum absolute atomic E-state index is 0.0518. The van der Waals surface area contributed by atoms with Crippen molar-refractivity contribution in [1.29, 1.82) is 0 Å². The summed E-state index contributed by atoms with van der Waals surface area (Å²) in [6.45, 7) is 7.40. The zero-order valence-corrected chi connectivity index (χ0v) is 17.4. The van der Waals surface area contributed by atoms with Crippen LogP contribution in [0.5, 0.6) is 5.75 Å². The summed E-state index contributed by atoms with van der Waals surface area (Å²) in [4.78, 5) is 16.2. The van der Waals surface area contributed by atoms with Crippen molar-refractivity contribution < 1.29 is 22.7 Å². The van der Waals surface area contributed by atoms with Crippen molar-refractivity contribution in [2.24, 2.45) is 4.99 Å². The summed E-state index contributed by atoms with van der Waals surface area (Å²) < 4.78 is 42.4. The lowest BCUT2D eigenvalue weighted by molar-refractivity contribution is -0.153. The molecular formula is C20H31F3N4O2. The number of nitrogens with one attached hydrogen (secondary N) is 3. The third kappa shape index (κ3) is 10.6. The van der Waals surface area contributed by atoms with Crippen molar-refractivity contribution in [2.45, 2.75) is 59.3 Å². The van der Waals surface area contributed by atoms with Crippen LogP contribution < -0.4 is 20.7 Å². The van der Waals surface area contributed by atoms with Crippen LogP contribution in [0.4, 0.5) is 13.2 Å². The molecule has 1 aromatic carbocycles. The summed E-state index contributed by atoms with van der Waals surface area (Å²) in [6.07, 6.45) is -3.26. The molecule has 29 heavy (non-hydrogen) atoms. The molecule has 0 saturated carbocycles. The number of carbonyl (C=O) groups is 1. The van der Waals surface area contributed by atoms with E-state index >= 15 is 0 Å². The van der Waals surface area contributed by atoms with Crippen LogP contribution in [-0.4, -0.2) is 43.8 Å². The molecule has 0 radical (unpaired) electrons. The summed E-state index contributed by atoms with van der Waals surface area (Å²) in [5.74, 6) is 0.588. The predicted octanol–water partition coefficient (Wildman–Crippen LogP) is 3.30. The third-order valence-electron chi connectivity index (χ3n) is 4.03. The number of aryl methyl sites for hydroxylation is 1. The number of guanidine groups is 1. The maximum atomic E-state index is 12.5. The second-order valence-corrected chi connectivity index (χ2v) is 6.76. The number of hydrogen-bond acceptors (Lipinski definition) is 3. The fourth-order valence-electron chi connectivity index (χ4n) is 2.34. The van der Waals surface area contributed by atoms with E-state index in [0.29, 0.717) is 31.0 Å². The molecule has 9 heteroatoms. The van der Waals surface area contributed by atoms with Crippen molar-refractivity contribution in [2.75, 3.05) is 19.7 Å². The average Bonchev–Trinajstić information content (AvgIpc) is 2.64. The fraction of sp³-hybridized carbons (Fsp3) is 0.600. The molecule has 1 rings (SSSR count). The zero-order chi connectivity index (χ0) is 21.9. The SMILES string of the molecule is CCNC(=NCc1ccc(C)cc1OCC(F)(F)F)NCCC(=O)NC(C)CC. The number of hydrogen-bond donors (Lipinski definition) is 3. The van der Waals surface area contributed by atoms with Gasteiger partial charge < -0.3 is 20.7 Å². The van der Waals surface area contributed by atoms with E-state index in [9.17, 15) is 18.0 Å². The van der Waals surface area contributed by atoms with Crippen molar-refractivity contribution in [3.8, 4) is 5.75 Å². The van der Waals surface area contributed by atoms with Gasteiger partial charge in [0.05, 0.1) is 6.54 Å². The smallest absolute Gasteiger partial charge is 0.422 e. The van der Waals surface area contributed by atoms with Gasteiger partial charge in [0, 0.05) is 31.1 Å². The highest BCUT2D eigenvalue weighted by atomic mass is 19.4. The Bertz CT molecular complexity index is 678. The maximum Gasteiger partial charge on any atom is 0.422 e. The van der Waals surface area contributed by atoms with Crippen molar-refractivity contribution in [3.63, 3.8) is 0 Å². The predicted molar refractivity (Wildman–Crippen MR) is 108 cm³/mol. The van der Waals surface area contributed by atoms with Crippen LogP contribution in [0.25, 0.3) is 0 Å².